The first-order chi connectivity index (χ1) is 6.83. The van der Waals surface area contributed by atoms with Gasteiger partial charge in [0.25, 0.3) is 0 Å². The molecule has 0 spiro atoms. The van der Waals surface area contributed by atoms with E-state index < -0.39 is 0 Å². The molecule has 1 atom stereocenters. The van der Waals surface area contributed by atoms with Gasteiger partial charge in [-0.1, -0.05) is 25.7 Å². The van der Waals surface area contributed by atoms with Crippen LogP contribution >= 0.6 is 0 Å². The molecule has 2 N–H and O–H groups in total. The number of hydrogen-bond acceptors (Lipinski definition) is 3. The molecule has 84 valence electrons. The van der Waals surface area contributed by atoms with Crippen LogP contribution in [-0.2, 0) is 4.74 Å². The predicted octanol–water partition coefficient (Wildman–Crippen LogP) is 1.31. The number of aliphatic hydroxyl groups is 1. The average Bonchev–Trinajstić information content (AvgIpc) is 2.43. The van der Waals surface area contributed by atoms with Crippen LogP contribution in [0.25, 0.3) is 0 Å². The van der Waals surface area contributed by atoms with Crippen LogP contribution in [0.3, 0.4) is 0 Å². The zero-order chi connectivity index (χ0) is 10.2. The zero-order valence-electron chi connectivity index (χ0n) is 9.17. The highest BCUT2D eigenvalue weighted by atomic mass is 16.5. The quantitative estimate of drug-likeness (QED) is 0.659. The first kappa shape index (κ1) is 12.0. The molecular weight excluding hydrogens is 178 g/mol. The van der Waals surface area contributed by atoms with E-state index >= 15 is 0 Å². The van der Waals surface area contributed by atoms with E-state index in [9.17, 15) is 5.11 Å². The van der Waals surface area contributed by atoms with Gasteiger partial charge in [0.2, 0.25) is 0 Å². The van der Waals surface area contributed by atoms with Crippen LogP contribution in [0.1, 0.15) is 38.5 Å². The van der Waals surface area contributed by atoms with Gasteiger partial charge in [0.1, 0.15) is 0 Å². The van der Waals surface area contributed by atoms with Crippen LogP contribution in [0.2, 0.25) is 0 Å². The maximum Gasteiger partial charge on any atom is 0.0897 e. The fraction of sp³-hybridized carbons (Fsp3) is 1.00. The van der Waals surface area contributed by atoms with Gasteiger partial charge in [-0.25, -0.2) is 0 Å². The van der Waals surface area contributed by atoms with Gasteiger partial charge in [-0.15, -0.1) is 0 Å². The molecule has 1 saturated carbocycles. The third-order valence-electron chi connectivity index (χ3n) is 2.77. The summed E-state index contributed by atoms with van der Waals surface area (Å²) in [5, 5.41) is 12.4. The van der Waals surface area contributed by atoms with Crippen molar-refractivity contribution in [1.29, 1.82) is 0 Å². The Balaban J connectivity index is 2.09. The van der Waals surface area contributed by atoms with Crippen LogP contribution in [-0.4, -0.2) is 37.5 Å². The van der Waals surface area contributed by atoms with Gasteiger partial charge in [-0.05, 0) is 19.9 Å². The lowest BCUT2D eigenvalue weighted by atomic mass is 10.1. The fourth-order valence-electron chi connectivity index (χ4n) is 1.95. The topological polar surface area (TPSA) is 41.5 Å². The summed E-state index contributed by atoms with van der Waals surface area (Å²) in [7, 11) is 1.84. The molecule has 3 nitrogen and oxygen atoms in total. The number of rotatable bonds is 5. The van der Waals surface area contributed by atoms with Gasteiger partial charge >= 0.3 is 0 Å². The molecule has 1 fully saturated rings. The van der Waals surface area contributed by atoms with Crippen LogP contribution in [0.5, 0.6) is 0 Å². The monoisotopic (exact) mass is 201 g/mol. The van der Waals surface area contributed by atoms with Crippen molar-refractivity contribution < 1.29 is 9.84 Å². The van der Waals surface area contributed by atoms with E-state index in [4.69, 9.17) is 4.74 Å². The van der Waals surface area contributed by atoms with E-state index in [0.29, 0.717) is 19.3 Å². The average molecular weight is 201 g/mol. The first-order valence-electron chi connectivity index (χ1n) is 5.77. The molecule has 0 bridgehead atoms. The summed E-state index contributed by atoms with van der Waals surface area (Å²) >= 11 is 0. The van der Waals surface area contributed by atoms with Crippen molar-refractivity contribution in [2.45, 2.75) is 50.7 Å². The molecule has 0 amide bonds. The highest BCUT2D eigenvalue weighted by Gasteiger charge is 2.13. The van der Waals surface area contributed by atoms with Gasteiger partial charge in [0, 0.05) is 6.54 Å². The standard InChI is InChI=1S/C11H23NO2/c1-12-8-10(13)9-14-11-6-4-2-3-5-7-11/h10-13H,2-9H2,1H3. The summed E-state index contributed by atoms with van der Waals surface area (Å²) in [6.45, 7) is 1.10. The van der Waals surface area contributed by atoms with Gasteiger partial charge in [-0.2, -0.15) is 0 Å². The number of likely N-dealkylation sites (N-methyl/N-ethyl adjacent to an activating group) is 1. The van der Waals surface area contributed by atoms with E-state index in [2.05, 4.69) is 5.32 Å². The molecule has 3 heteroatoms. The first-order valence-corrected chi connectivity index (χ1v) is 5.77. The molecule has 0 radical (unpaired) electrons. The number of hydrogen-bond donors (Lipinski definition) is 2. The molecule has 1 unspecified atom stereocenters. The third-order valence-corrected chi connectivity index (χ3v) is 2.77. The van der Waals surface area contributed by atoms with E-state index in [1.807, 2.05) is 7.05 Å². The summed E-state index contributed by atoms with van der Waals surface area (Å²) in [5.74, 6) is 0. The van der Waals surface area contributed by atoms with Crippen LogP contribution < -0.4 is 5.32 Å². The van der Waals surface area contributed by atoms with E-state index in [1.165, 1.54) is 38.5 Å². The molecule has 0 aliphatic heterocycles. The van der Waals surface area contributed by atoms with E-state index in [-0.39, 0.29) is 6.10 Å². The second-order valence-corrected chi connectivity index (χ2v) is 4.16. The minimum atomic E-state index is -0.358. The maximum absolute atomic E-state index is 9.46. The van der Waals surface area contributed by atoms with Gasteiger partial charge < -0.3 is 15.2 Å². The van der Waals surface area contributed by atoms with Crippen molar-refractivity contribution in [2.75, 3.05) is 20.2 Å². The maximum atomic E-state index is 9.46. The Labute approximate surface area is 86.8 Å². The molecule has 0 aromatic heterocycles. The van der Waals surface area contributed by atoms with Crippen molar-refractivity contribution >= 4 is 0 Å². The van der Waals surface area contributed by atoms with Crippen molar-refractivity contribution in [1.82, 2.24) is 5.32 Å². The third kappa shape index (κ3) is 4.94. The molecule has 1 aliphatic carbocycles. The molecule has 0 aromatic rings. The van der Waals surface area contributed by atoms with Crippen molar-refractivity contribution in [3.63, 3.8) is 0 Å². The van der Waals surface area contributed by atoms with Crippen LogP contribution in [0, 0.1) is 0 Å². The Bertz CT molecular complexity index is 133. The summed E-state index contributed by atoms with van der Waals surface area (Å²) in [5.41, 5.74) is 0. The van der Waals surface area contributed by atoms with Crippen LogP contribution in [0.15, 0.2) is 0 Å². The minimum absolute atomic E-state index is 0.358. The Hall–Kier alpha value is -0.120. The molecule has 1 aliphatic rings. The lowest BCUT2D eigenvalue weighted by Crippen LogP contribution is -2.30. The van der Waals surface area contributed by atoms with Crippen molar-refractivity contribution in [3.05, 3.63) is 0 Å². The Kier molecular flexibility index (Phi) is 6.15. The number of aliphatic hydroxyl groups excluding tert-OH is 1. The number of ether oxygens (including phenoxy) is 1. The van der Waals surface area contributed by atoms with Gasteiger partial charge in [0.05, 0.1) is 18.8 Å². The second kappa shape index (κ2) is 7.21. The lowest BCUT2D eigenvalue weighted by molar-refractivity contribution is -0.0138. The van der Waals surface area contributed by atoms with E-state index in [0.717, 1.165) is 0 Å². The summed E-state index contributed by atoms with van der Waals surface area (Å²) in [6.07, 6.45) is 7.64. The molecule has 14 heavy (non-hydrogen) atoms. The van der Waals surface area contributed by atoms with E-state index in [1.54, 1.807) is 0 Å². The summed E-state index contributed by atoms with van der Waals surface area (Å²) < 4.78 is 5.69. The molecule has 0 saturated heterocycles. The summed E-state index contributed by atoms with van der Waals surface area (Å²) in [4.78, 5) is 0. The SMILES string of the molecule is CNCC(O)COC1CCCCCC1. The zero-order valence-corrected chi connectivity index (χ0v) is 9.17. The Morgan fingerprint density at radius 2 is 1.93 bits per heavy atom. The highest BCUT2D eigenvalue weighted by molar-refractivity contribution is 4.65. The predicted molar refractivity (Wildman–Crippen MR) is 57.4 cm³/mol. The second-order valence-electron chi connectivity index (χ2n) is 4.16. The molecular formula is C11H23NO2. The Morgan fingerprint density at radius 1 is 1.29 bits per heavy atom. The molecule has 0 aromatic carbocycles. The molecule has 1 rings (SSSR count). The fourth-order valence-corrected chi connectivity index (χ4v) is 1.95. The summed E-state index contributed by atoms with van der Waals surface area (Å²) in [6, 6.07) is 0. The van der Waals surface area contributed by atoms with Gasteiger partial charge in [0.15, 0.2) is 0 Å². The normalized spacial score (nSPS) is 21.9. The Morgan fingerprint density at radius 3 is 2.50 bits per heavy atom. The smallest absolute Gasteiger partial charge is 0.0897 e. The van der Waals surface area contributed by atoms with Crippen molar-refractivity contribution in [3.8, 4) is 0 Å². The highest BCUT2D eigenvalue weighted by Crippen LogP contribution is 2.19. The van der Waals surface area contributed by atoms with Gasteiger partial charge in [-0.3, -0.25) is 0 Å². The van der Waals surface area contributed by atoms with Crippen LogP contribution in [0.4, 0.5) is 0 Å². The largest absolute Gasteiger partial charge is 0.389 e. The lowest BCUT2D eigenvalue weighted by Gasteiger charge is -2.18. The number of nitrogens with one attached hydrogen (secondary N) is 1. The molecule has 0 heterocycles. The minimum Gasteiger partial charge on any atom is -0.389 e. The van der Waals surface area contributed by atoms with Crippen molar-refractivity contribution in [2.24, 2.45) is 0 Å².